The number of pyridine rings is 1. The second-order valence-corrected chi connectivity index (χ2v) is 8.43. The highest BCUT2D eigenvalue weighted by Gasteiger charge is 2.40. The highest BCUT2D eigenvalue weighted by Crippen LogP contribution is 2.31. The molecule has 2 aliphatic heterocycles. The van der Waals surface area contributed by atoms with Gasteiger partial charge in [-0.25, -0.2) is 14.4 Å². The van der Waals surface area contributed by atoms with Gasteiger partial charge in [-0.15, -0.1) is 0 Å². The first-order chi connectivity index (χ1) is 15.6. The van der Waals surface area contributed by atoms with Gasteiger partial charge >= 0.3 is 0 Å². The second kappa shape index (κ2) is 8.96. The summed E-state index contributed by atoms with van der Waals surface area (Å²) < 4.78 is 26.9. The monoisotopic (exact) mass is 438 g/mol. The van der Waals surface area contributed by atoms with E-state index in [1.807, 2.05) is 17.0 Å². The van der Waals surface area contributed by atoms with Crippen molar-refractivity contribution in [2.24, 2.45) is 0 Å². The number of piperidine rings is 1. The molecule has 0 radical (unpaired) electrons. The molecule has 2 saturated heterocycles. The number of imidazole rings is 1. The number of halogens is 1. The molecule has 168 valence electrons. The van der Waals surface area contributed by atoms with E-state index in [1.54, 1.807) is 18.3 Å². The smallest absolute Gasteiger partial charge is 0.222 e. The van der Waals surface area contributed by atoms with Gasteiger partial charge in [-0.3, -0.25) is 4.79 Å². The number of ether oxygens (including phenoxy) is 2. The predicted octanol–water partition coefficient (Wildman–Crippen LogP) is 3.31. The Morgan fingerprint density at radius 2 is 1.84 bits per heavy atom. The third-order valence-corrected chi connectivity index (χ3v) is 6.32. The van der Waals surface area contributed by atoms with Crippen LogP contribution in [0.15, 0.2) is 42.6 Å². The van der Waals surface area contributed by atoms with Crippen LogP contribution in [-0.2, 0) is 27.2 Å². The van der Waals surface area contributed by atoms with Crippen LogP contribution < -0.4 is 0 Å². The zero-order valence-corrected chi connectivity index (χ0v) is 18.0. The number of nitrogens with zero attached hydrogens (tertiary/aromatic N) is 4. The molecule has 0 saturated carbocycles. The van der Waals surface area contributed by atoms with E-state index in [2.05, 4.69) is 9.55 Å². The molecule has 3 aromatic rings. The summed E-state index contributed by atoms with van der Waals surface area (Å²) >= 11 is 0. The number of amides is 1. The first-order valence-corrected chi connectivity index (χ1v) is 11.2. The van der Waals surface area contributed by atoms with E-state index in [0.29, 0.717) is 52.1 Å². The number of aromatic nitrogens is 3. The third kappa shape index (κ3) is 4.38. The molecule has 1 aromatic carbocycles. The van der Waals surface area contributed by atoms with E-state index >= 15 is 0 Å². The molecule has 0 aliphatic carbocycles. The maximum Gasteiger partial charge on any atom is 0.222 e. The van der Waals surface area contributed by atoms with Crippen molar-refractivity contribution in [1.29, 1.82) is 0 Å². The van der Waals surface area contributed by atoms with Gasteiger partial charge in [-0.1, -0.05) is 12.1 Å². The minimum atomic E-state index is -0.463. The van der Waals surface area contributed by atoms with E-state index in [1.165, 1.54) is 12.1 Å². The van der Waals surface area contributed by atoms with Gasteiger partial charge < -0.3 is 18.9 Å². The number of carbonyl (C=O) groups is 1. The van der Waals surface area contributed by atoms with Crippen molar-refractivity contribution in [2.75, 3.05) is 26.3 Å². The van der Waals surface area contributed by atoms with Crippen LogP contribution in [0.1, 0.15) is 37.1 Å². The van der Waals surface area contributed by atoms with E-state index in [-0.39, 0.29) is 11.7 Å². The highest BCUT2D eigenvalue weighted by molar-refractivity contribution is 5.76. The molecule has 2 aliphatic rings. The van der Waals surface area contributed by atoms with Crippen LogP contribution in [0.4, 0.5) is 4.39 Å². The summed E-state index contributed by atoms with van der Waals surface area (Å²) in [4.78, 5) is 23.9. The van der Waals surface area contributed by atoms with Crippen molar-refractivity contribution in [3.8, 4) is 0 Å². The van der Waals surface area contributed by atoms with Gasteiger partial charge in [0, 0.05) is 45.0 Å². The van der Waals surface area contributed by atoms with Gasteiger partial charge in [-0.05, 0) is 36.2 Å². The highest BCUT2D eigenvalue weighted by atomic mass is 19.1. The Bertz CT molecular complexity index is 1080. The lowest BCUT2D eigenvalue weighted by Crippen LogP contribution is -2.47. The van der Waals surface area contributed by atoms with E-state index in [0.717, 1.165) is 35.4 Å². The lowest BCUT2D eigenvalue weighted by Gasteiger charge is -2.37. The normalized spacial score (nSPS) is 18.0. The summed E-state index contributed by atoms with van der Waals surface area (Å²) in [7, 11) is 0. The number of hydrogen-bond acceptors (Lipinski definition) is 5. The van der Waals surface area contributed by atoms with Gasteiger partial charge in [0.2, 0.25) is 5.91 Å². The van der Waals surface area contributed by atoms with Gasteiger partial charge in [0.15, 0.2) is 11.4 Å². The Kier molecular flexibility index (Phi) is 5.89. The molecule has 32 heavy (non-hydrogen) atoms. The van der Waals surface area contributed by atoms with E-state index < -0.39 is 5.79 Å². The molecule has 0 N–H and O–H groups in total. The molecule has 4 heterocycles. The Hall–Kier alpha value is -2.84. The molecule has 0 bridgehead atoms. The van der Waals surface area contributed by atoms with Crippen LogP contribution in [0.3, 0.4) is 0 Å². The average Bonchev–Trinajstić information content (AvgIpc) is 3.40. The summed E-state index contributed by atoms with van der Waals surface area (Å²) in [5.74, 6) is 0.337. The van der Waals surface area contributed by atoms with Gasteiger partial charge in [0.05, 0.1) is 19.8 Å². The zero-order chi connectivity index (χ0) is 22.0. The van der Waals surface area contributed by atoms with Crippen LogP contribution in [0, 0.1) is 5.82 Å². The van der Waals surface area contributed by atoms with Crippen molar-refractivity contribution in [1.82, 2.24) is 19.4 Å². The molecule has 2 aromatic heterocycles. The molecule has 0 atom stereocenters. The lowest BCUT2D eigenvalue weighted by molar-refractivity contribution is -0.187. The maximum atomic E-state index is 13.3. The molecule has 2 fully saturated rings. The Balaban J connectivity index is 1.22. The predicted molar refractivity (Wildman–Crippen MR) is 116 cm³/mol. The first kappa shape index (κ1) is 21.0. The molecule has 8 heteroatoms. The van der Waals surface area contributed by atoms with Crippen LogP contribution in [-0.4, -0.2) is 57.4 Å². The maximum absolute atomic E-state index is 13.3. The first-order valence-electron chi connectivity index (χ1n) is 11.2. The number of benzene rings is 1. The van der Waals surface area contributed by atoms with Crippen molar-refractivity contribution in [3.63, 3.8) is 0 Å². The van der Waals surface area contributed by atoms with Gasteiger partial charge in [0.25, 0.3) is 0 Å². The quantitative estimate of drug-likeness (QED) is 0.591. The van der Waals surface area contributed by atoms with E-state index in [4.69, 9.17) is 14.5 Å². The van der Waals surface area contributed by atoms with Gasteiger partial charge in [-0.2, -0.15) is 0 Å². The molecule has 1 spiro atoms. The van der Waals surface area contributed by atoms with Crippen molar-refractivity contribution in [3.05, 3.63) is 59.8 Å². The Labute approximate surface area is 186 Å². The number of likely N-dealkylation sites (tertiary alicyclic amines) is 1. The molecular formula is C24H27FN4O3. The molecule has 1 amide bonds. The number of hydrogen-bond donors (Lipinski definition) is 0. The Morgan fingerprint density at radius 1 is 1.09 bits per heavy atom. The Morgan fingerprint density at radius 3 is 2.59 bits per heavy atom. The fraction of sp³-hybridized carbons (Fsp3) is 0.458. The second-order valence-electron chi connectivity index (χ2n) is 8.43. The summed E-state index contributed by atoms with van der Waals surface area (Å²) in [6.45, 7) is 3.19. The van der Waals surface area contributed by atoms with Crippen molar-refractivity contribution >= 4 is 17.1 Å². The zero-order valence-electron chi connectivity index (χ0n) is 18.0. The fourth-order valence-electron chi connectivity index (χ4n) is 4.57. The number of aryl methyl sites for hydroxylation is 1. The third-order valence-electron chi connectivity index (χ3n) is 6.32. The summed E-state index contributed by atoms with van der Waals surface area (Å²) in [5, 5.41) is 0. The summed E-state index contributed by atoms with van der Waals surface area (Å²) in [6, 6.07) is 10.3. The molecule has 5 rings (SSSR count). The lowest BCUT2D eigenvalue weighted by atomic mass is 10.0. The standard InChI is InChI=1S/C24H27FN4O3/c25-19-8-6-18(7-9-19)17-29-21(27-20-3-2-12-26-23(20)29)4-1-5-22(30)28-13-10-24(11-14-28)31-15-16-32-24/h2-3,6-9,12H,1,4-5,10-11,13-17H2. The van der Waals surface area contributed by atoms with Crippen LogP contribution >= 0.6 is 0 Å². The molecule has 0 unspecified atom stereocenters. The molecular weight excluding hydrogens is 411 g/mol. The number of fused-ring (bicyclic) bond motifs is 1. The molecule has 7 nitrogen and oxygen atoms in total. The largest absolute Gasteiger partial charge is 0.347 e. The minimum absolute atomic E-state index is 0.164. The fourth-order valence-corrected chi connectivity index (χ4v) is 4.57. The summed E-state index contributed by atoms with van der Waals surface area (Å²) in [6.07, 6.45) is 5.07. The van der Waals surface area contributed by atoms with E-state index in [9.17, 15) is 9.18 Å². The topological polar surface area (TPSA) is 69.5 Å². The SMILES string of the molecule is O=C(CCCc1nc2cccnc2n1Cc1ccc(F)cc1)N1CCC2(CC1)OCCO2. The van der Waals surface area contributed by atoms with Gasteiger partial charge in [0.1, 0.15) is 17.2 Å². The van der Waals surface area contributed by atoms with Crippen molar-refractivity contribution < 1.29 is 18.7 Å². The van der Waals surface area contributed by atoms with Crippen LogP contribution in [0.2, 0.25) is 0 Å². The number of carbonyl (C=O) groups excluding carboxylic acids is 1. The van der Waals surface area contributed by atoms with Crippen molar-refractivity contribution in [2.45, 2.75) is 44.4 Å². The number of rotatable bonds is 6. The summed E-state index contributed by atoms with van der Waals surface area (Å²) in [5.41, 5.74) is 2.61. The van der Waals surface area contributed by atoms with Crippen LogP contribution in [0.5, 0.6) is 0 Å². The average molecular weight is 439 g/mol. The van der Waals surface area contributed by atoms with Crippen LogP contribution in [0.25, 0.3) is 11.2 Å². The minimum Gasteiger partial charge on any atom is -0.347 e.